The standard InChI is InChI=1S/C11H17F3N4O2/c1-7(19)5-17(2)10(20)15-4-8-6-18(3)16-9(8)11(12,13)14/h6-7,19H,4-5H2,1-3H3,(H,15,20). The Labute approximate surface area is 114 Å². The summed E-state index contributed by atoms with van der Waals surface area (Å²) in [5.41, 5.74) is -1.13. The third-order valence-corrected chi connectivity index (χ3v) is 2.49. The number of aliphatic hydroxyl groups excluding tert-OH is 1. The van der Waals surface area contributed by atoms with Crippen LogP contribution in [0, 0.1) is 0 Å². The number of aryl methyl sites for hydroxylation is 1. The van der Waals surface area contributed by atoms with Crippen LogP contribution in [0.2, 0.25) is 0 Å². The number of hydrogen-bond donors (Lipinski definition) is 2. The predicted molar refractivity (Wildman–Crippen MR) is 64.8 cm³/mol. The first-order valence-corrected chi connectivity index (χ1v) is 5.88. The Morgan fingerprint density at radius 2 is 2.20 bits per heavy atom. The number of alkyl halides is 3. The van der Waals surface area contributed by atoms with Crippen molar-refractivity contribution in [2.75, 3.05) is 13.6 Å². The molecule has 0 spiro atoms. The van der Waals surface area contributed by atoms with Gasteiger partial charge in [0.1, 0.15) is 0 Å². The molecule has 6 nitrogen and oxygen atoms in total. The van der Waals surface area contributed by atoms with Crippen LogP contribution < -0.4 is 5.32 Å². The Morgan fingerprint density at radius 1 is 1.60 bits per heavy atom. The molecule has 1 aromatic heterocycles. The van der Waals surface area contributed by atoms with Crippen molar-refractivity contribution in [1.29, 1.82) is 0 Å². The summed E-state index contributed by atoms with van der Waals surface area (Å²) in [6.45, 7) is 1.31. The number of halogens is 3. The molecule has 1 atom stereocenters. The highest BCUT2D eigenvalue weighted by molar-refractivity contribution is 5.73. The molecule has 0 aromatic carbocycles. The number of nitrogens with one attached hydrogen (secondary N) is 1. The zero-order valence-corrected chi connectivity index (χ0v) is 11.4. The number of amides is 2. The van der Waals surface area contributed by atoms with Gasteiger partial charge >= 0.3 is 12.2 Å². The lowest BCUT2D eigenvalue weighted by atomic mass is 10.2. The smallest absolute Gasteiger partial charge is 0.392 e. The number of carbonyl (C=O) groups excluding carboxylic acids is 1. The zero-order chi connectivity index (χ0) is 15.5. The minimum absolute atomic E-state index is 0.0883. The van der Waals surface area contributed by atoms with Crippen molar-refractivity contribution in [3.8, 4) is 0 Å². The van der Waals surface area contributed by atoms with Crippen LogP contribution in [0.3, 0.4) is 0 Å². The van der Waals surface area contributed by atoms with Crippen molar-refractivity contribution in [3.63, 3.8) is 0 Å². The van der Waals surface area contributed by atoms with E-state index in [1.165, 1.54) is 32.1 Å². The topological polar surface area (TPSA) is 70.4 Å². The summed E-state index contributed by atoms with van der Waals surface area (Å²) in [6, 6.07) is -0.567. The summed E-state index contributed by atoms with van der Waals surface area (Å²) >= 11 is 0. The molecular formula is C11H17F3N4O2. The highest BCUT2D eigenvalue weighted by Crippen LogP contribution is 2.30. The van der Waals surface area contributed by atoms with Gasteiger partial charge in [0, 0.05) is 38.9 Å². The molecular weight excluding hydrogens is 277 g/mol. The van der Waals surface area contributed by atoms with Crippen LogP contribution in [0.5, 0.6) is 0 Å². The maximum Gasteiger partial charge on any atom is 0.435 e. The Bertz CT molecular complexity index is 471. The summed E-state index contributed by atoms with van der Waals surface area (Å²) in [5, 5.41) is 14.8. The van der Waals surface area contributed by atoms with Gasteiger partial charge in [0.05, 0.1) is 6.10 Å². The third kappa shape index (κ3) is 4.41. The molecule has 1 rings (SSSR count). The fraction of sp³-hybridized carbons (Fsp3) is 0.636. The first kappa shape index (κ1) is 16.3. The summed E-state index contributed by atoms with van der Waals surface area (Å²) in [5.74, 6) is 0. The quantitative estimate of drug-likeness (QED) is 0.869. The molecule has 114 valence electrons. The molecule has 0 aliphatic carbocycles. The monoisotopic (exact) mass is 294 g/mol. The van der Waals surface area contributed by atoms with Crippen molar-refractivity contribution in [2.45, 2.75) is 25.7 Å². The van der Waals surface area contributed by atoms with Crippen molar-refractivity contribution in [2.24, 2.45) is 7.05 Å². The van der Waals surface area contributed by atoms with E-state index < -0.39 is 24.0 Å². The highest BCUT2D eigenvalue weighted by atomic mass is 19.4. The SMILES string of the molecule is CC(O)CN(C)C(=O)NCc1cn(C)nc1C(F)(F)F. The van der Waals surface area contributed by atoms with Crippen LogP contribution in [0.4, 0.5) is 18.0 Å². The number of nitrogens with zero attached hydrogens (tertiary/aromatic N) is 3. The van der Waals surface area contributed by atoms with Crippen LogP contribution in [0.1, 0.15) is 18.2 Å². The van der Waals surface area contributed by atoms with Crippen LogP contribution in [0.25, 0.3) is 0 Å². The van der Waals surface area contributed by atoms with E-state index in [0.717, 1.165) is 4.68 Å². The molecule has 9 heteroatoms. The Balaban J connectivity index is 2.69. The van der Waals surface area contributed by atoms with Crippen LogP contribution in [0.15, 0.2) is 6.20 Å². The van der Waals surface area contributed by atoms with Gasteiger partial charge in [-0.15, -0.1) is 0 Å². The van der Waals surface area contributed by atoms with E-state index in [9.17, 15) is 18.0 Å². The van der Waals surface area contributed by atoms with E-state index in [4.69, 9.17) is 5.11 Å². The number of aliphatic hydroxyl groups is 1. The van der Waals surface area contributed by atoms with Gasteiger partial charge in [-0.05, 0) is 6.92 Å². The van der Waals surface area contributed by atoms with Gasteiger partial charge in [-0.25, -0.2) is 4.79 Å². The molecule has 1 heterocycles. The number of urea groups is 1. The number of rotatable bonds is 4. The van der Waals surface area contributed by atoms with Crippen molar-refractivity contribution < 1.29 is 23.1 Å². The largest absolute Gasteiger partial charge is 0.435 e. The summed E-state index contributed by atoms with van der Waals surface area (Å²) in [4.78, 5) is 12.8. The Hall–Kier alpha value is -1.77. The molecule has 0 aliphatic heterocycles. The summed E-state index contributed by atoms with van der Waals surface area (Å²) in [7, 11) is 2.82. The molecule has 0 saturated carbocycles. The van der Waals surface area contributed by atoms with E-state index >= 15 is 0 Å². The second-order valence-corrected chi connectivity index (χ2v) is 4.56. The van der Waals surface area contributed by atoms with Crippen molar-refractivity contribution >= 4 is 6.03 Å². The van der Waals surface area contributed by atoms with E-state index in [-0.39, 0.29) is 18.7 Å². The number of aromatic nitrogens is 2. The van der Waals surface area contributed by atoms with Gasteiger partial charge in [-0.3, -0.25) is 4.68 Å². The Morgan fingerprint density at radius 3 is 2.70 bits per heavy atom. The maximum absolute atomic E-state index is 12.7. The fourth-order valence-corrected chi connectivity index (χ4v) is 1.69. The first-order valence-electron chi connectivity index (χ1n) is 5.88. The molecule has 0 radical (unpaired) electrons. The molecule has 20 heavy (non-hydrogen) atoms. The van der Waals surface area contributed by atoms with E-state index in [2.05, 4.69) is 10.4 Å². The Kier molecular flexibility index (Phi) is 4.98. The molecule has 0 aliphatic rings. The first-order chi connectivity index (χ1) is 9.11. The van der Waals surface area contributed by atoms with Crippen LogP contribution in [-0.2, 0) is 19.8 Å². The molecule has 2 amide bonds. The number of hydrogen-bond acceptors (Lipinski definition) is 3. The van der Waals surface area contributed by atoms with Gasteiger partial charge < -0.3 is 15.3 Å². The zero-order valence-electron chi connectivity index (χ0n) is 11.4. The van der Waals surface area contributed by atoms with Gasteiger partial charge in [0.15, 0.2) is 5.69 Å². The average molecular weight is 294 g/mol. The lowest BCUT2D eigenvalue weighted by Gasteiger charge is -2.19. The highest BCUT2D eigenvalue weighted by Gasteiger charge is 2.36. The van der Waals surface area contributed by atoms with E-state index in [1.807, 2.05) is 0 Å². The minimum Gasteiger partial charge on any atom is -0.392 e. The third-order valence-electron chi connectivity index (χ3n) is 2.49. The summed E-state index contributed by atoms with van der Waals surface area (Å²) < 4.78 is 39.1. The van der Waals surface area contributed by atoms with Crippen LogP contribution >= 0.6 is 0 Å². The fourth-order valence-electron chi connectivity index (χ4n) is 1.69. The molecule has 1 aromatic rings. The maximum atomic E-state index is 12.7. The van der Waals surface area contributed by atoms with Gasteiger partial charge in [0.25, 0.3) is 0 Å². The van der Waals surface area contributed by atoms with Crippen molar-refractivity contribution in [1.82, 2.24) is 20.0 Å². The van der Waals surface area contributed by atoms with Gasteiger partial charge in [-0.2, -0.15) is 18.3 Å². The average Bonchev–Trinajstić information content (AvgIpc) is 2.66. The molecule has 1 unspecified atom stereocenters. The van der Waals surface area contributed by atoms with Crippen LogP contribution in [-0.4, -0.2) is 45.5 Å². The number of likely N-dealkylation sites (N-methyl/N-ethyl adjacent to an activating group) is 1. The van der Waals surface area contributed by atoms with E-state index in [1.54, 1.807) is 0 Å². The minimum atomic E-state index is -4.56. The molecule has 0 bridgehead atoms. The van der Waals surface area contributed by atoms with E-state index in [0.29, 0.717) is 0 Å². The molecule has 2 N–H and O–H groups in total. The van der Waals surface area contributed by atoms with Gasteiger partial charge in [-0.1, -0.05) is 0 Å². The number of carbonyl (C=O) groups is 1. The molecule has 0 fully saturated rings. The second-order valence-electron chi connectivity index (χ2n) is 4.56. The van der Waals surface area contributed by atoms with Crippen molar-refractivity contribution in [3.05, 3.63) is 17.5 Å². The summed E-state index contributed by atoms with van der Waals surface area (Å²) in [6.07, 6.45) is -4.07. The predicted octanol–water partition coefficient (Wildman–Crippen LogP) is 0.961. The normalized spacial score (nSPS) is 13.2. The second kappa shape index (κ2) is 6.12. The van der Waals surface area contributed by atoms with Gasteiger partial charge in [0.2, 0.25) is 0 Å². The lowest BCUT2D eigenvalue weighted by molar-refractivity contribution is -0.142. The lowest BCUT2D eigenvalue weighted by Crippen LogP contribution is -2.40. The molecule has 0 saturated heterocycles.